The highest BCUT2D eigenvalue weighted by Gasteiger charge is 2.28. The molecule has 0 radical (unpaired) electrons. The zero-order chi connectivity index (χ0) is 12.4. The van der Waals surface area contributed by atoms with Gasteiger partial charge in [0.25, 0.3) is 5.91 Å². The van der Waals surface area contributed by atoms with Crippen molar-refractivity contribution in [2.24, 2.45) is 11.8 Å². The summed E-state index contributed by atoms with van der Waals surface area (Å²) in [6.45, 7) is 2.70. The minimum atomic E-state index is -1.17. The van der Waals surface area contributed by atoms with Gasteiger partial charge in [-0.05, 0) is 36.8 Å². The summed E-state index contributed by atoms with van der Waals surface area (Å²) in [5.41, 5.74) is 0. The number of rotatable bonds is 5. The number of furan rings is 1. The third kappa shape index (κ3) is 2.87. The number of amides is 1. The molecule has 5 heteroatoms. The van der Waals surface area contributed by atoms with Crippen LogP contribution in [0.1, 0.15) is 40.9 Å². The molecule has 1 fully saturated rings. The number of carboxylic acids is 1. The Balaban J connectivity index is 1.87. The van der Waals surface area contributed by atoms with E-state index in [0.29, 0.717) is 12.5 Å². The highest BCUT2D eigenvalue weighted by molar-refractivity contribution is 5.93. The van der Waals surface area contributed by atoms with Crippen molar-refractivity contribution in [3.63, 3.8) is 0 Å². The van der Waals surface area contributed by atoms with Gasteiger partial charge in [0.15, 0.2) is 5.76 Å². The molecule has 1 aliphatic rings. The van der Waals surface area contributed by atoms with Gasteiger partial charge in [-0.2, -0.15) is 0 Å². The Hall–Kier alpha value is -1.78. The lowest BCUT2D eigenvalue weighted by Crippen LogP contribution is -2.28. The number of carbonyl (C=O) groups excluding carboxylic acids is 1. The third-order valence-corrected chi connectivity index (χ3v) is 3.05. The van der Waals surface area contributed by atoms with Gasteiger partial charge in [-0.15, -0.1) is 0 Å². The zero-order valence-corrected chi connectivity index (χ0v) is 9.60. The Morgan fingerprint density at radius 1 is 1.47 bits per heavy atom. The average Bonchev–Trinajstić information content (AvgIpc) is 3.02. The first-order valence-electron chi connectivity index (χ1n) is 5.69. The minimum Gasteiger partial charge on any atom is -0.475 e. The molecule has 0 bridgehead atoms. The SMILES string of the molecule is CC(CNC(=O)c1ccc(C(=O)O)o1)C1CC1. The molecule has 0 spiro atoms. The molecule has 0 aromatic carbocycles. The molecule has 0 aliphatic heterocycles. The standard InChI is InChI=1S/C12H15NO4/c1-7(8-2-3-8)6-13-11(14)9-4-5-10(17-9)12(15)16/h4-5,7-8H,2-3,6H2,1H3,(H,13,14)(H,15,16). The number of nitrogens with one attached hydrogen (secondary N) is 1. The number of carbonyl (C=O) groups is 2. The molecule has 1 aromatic rings. The van der Waals surface area contributed by atoms with E-state index in [2.05, 4.69) is 12.2 Å². The predicted octanol–water partition coefficient (Wildman–Crippen LogP) is 1.75. The Bertz CT molecular complexity index is 433. The average molecular weight is 237 g/mol. The molecule has 1 aromatic heterocycles. The lowest BCUT2D eigenvalue weighted by molar-refractivity contribution is 0.0659. The van der Waals surface area contributed by atoms with Crippen LogP contribution < -0.4 is 5.32 Å². The van der Waals surface area contributed by atoms with E-state index >= 15 is 0 Å². The van der Waals surface area contributed by atoms with Crippen LogP contribution in [-0.2, 0) is 0 Å². The van der Waals surface area contributed by atoms with E-state index in [1.54, 1.807) is 0 Å². The topological polar surface area (TPSA) is 79.5 Å². The van der Waals surface area contributed by atoms with Gasteiger partial charge in [-0.1, -0.05) is 6.92 Å². The molecule has 2 rings (SSSR count). The van der Waals surface area contributed by atoms with E-state index in [9.17, 15) is 9.59 Å². The van der Waals surface area contributed by atoms with Crippen molar-refractivity contribution in [2.45, 2.75) is 19.8 Å². The van der Waals surface area contributed by atoms with Crippen LogP contribution in [-0.4, -0.2) is 23.5 Å². The normalized spacial score (nSPS) is 16.5. The summed E-state index contributed by atoms with van der Waals surface area (Å²) in [6, 6.07) is 2.65. The van der Waals surface area contributed by atoms with E-state index < -0.39 is 5.97 Å². The third-order valence-electron chi connectivity index (χ3n) is 3.05. The Kier molecular flexibility index (Phi) is 3.17. The van der Waals surface area contributed by atoms with Gasteiger partial charge >= 0.3 is 5.97 Å². The van der Waals surface area contributed by atoms with E-state index in [0.717, 1.165) is 5.92 Å². The second kappa shape index (κ2) is 4.61. The molecule has 1 heterocycles. The van der Waals surface area contributed by atoms with Gasteiger partial charge in [0.2, 0.25) is 5.76 Å². The quantitative estimate of drug-likeness (QED) is 0.817. The monoisotopic (exact) mass is 237 g/mol. The van der Waals surface area contributed by atoms with Gasteiger partial charge in [0.1, 0.15) is 0 Å². The number of hydrogen-bond acceptors (Lipinski definition) is 3. The molecule has 2 N–H and O–H groups in total. The molecular formula is C12H15NO4. The molecule has 0 saturated heterocycles. The Labute approximate surface area is 98.8 Å². The first kappa shape index (κ1) is 11.7. The van der Waals surface area contributed by atoms with Gasteiger partial charge in [0.05, 0.1) is 0 Å². The lowest BCUT2D eigenvalue weighted by Gasteiger charge is -2.09. The van der Waals surface area contributed by atoms with E-state index in [-0.39, 0.29) is 17.4 Å². The summed E-state index contributed by atoms with van der Waals surface area (Å²) in [7, 11) is 0. The molecule has 17 heavy (non-hydrogen) atoms. The van der Waals surface area contributed by atoms with Gasteiger partial charge < -0.3 is 14.8 Å². The fourth-order valence-electron chi connectivity index (χ4n) is 1.75. The Morgan fingerprint density at radius 3 is 2.65 bits per heavy atom. The summed E-state index contributed by atoms with van der Waals surface area (Å²) in [4.78, 5) is 22.2. The van der Waals surface area contributed by atoms with Crippen LogP contribution in [0.5, 0.6) is 0 Å². The molecule has 1 unspecified atom stereocenters. The van der Waals surface area contributed by atoms with E-state index in [1.807, 2.05) is 0 Å². The molecular weight excluding hydrogens is 222 g/mol. The molecule has 5 nitrogen and oxygen atoms in total. The maximum absolute atomic E-state index is 11.6. The highest BCUT2D eigenvalue weighted by atomic mass is 16.4. The van der Waals surface area contributed by atoms with Crippen molar-refractivity contribution in [2.75, 3.05) is 6.54 Å². The number of aromatic carboxylic acids is 1. The summed E-state index contributed by atoms with van der Waals surface area (Å²) in [5, 5.41) is 11.4. The van der Waals surface area contributed by atoms with Crippen LogP contribution in [0.2, 0.25) is 0 Å². The van der Waals surface area contributed by atoms with Crippen LogP contribution in [0.25, 0.3) is 0 Å². The fourth-order valence-corrected chi connectivity index (χ4v) is 1.75. The van der Waals surface area contributed by atoms with Gasteiger partial charge in [0, 0.05) is 6.54 Å². The molecule has 1 amide bonds. The largest absolute Gasteiger partial charge is 0.475 e. The van der Waals surface area contributed by atoms with Crippen LogP contribution >= 0.6 is 0 Å². The molecule has 1 aliphatic carbocycles. The summed E-state index contributed by atoms with van der Waals surface area (Å²) >= 11 is 0. The number of hydrogen-bond donors (Lipinski definition) is 2. The number of carboxylic acid groups (broad SMARTS) is 1. The van der Waals surface area contributed by atoms with Crippen molar-refractivity contribution in [1.82, 2.24) is 5.32 Å². The van der Waals surface area contributed by atoms with Crippen molar-refractivity contribution in [3.05, 3.63) is 23.7 Å². The van der Waals surface area contributed by atoms with Crippen LogP contribution in [0.4, 0.5) is 0 Å². The minimum absolute atomic E-state index is 0.0467. The van der Waals surface area contributed by atoms with Crippen LogP contribution in [0, 0.1) is 11.8 Å². The molecule has 1 atom stereocenters. The van der Waals surface area contributed by atoms with Crippen molar-refractivity contribution < 1.29 is 19.1 Å². The maximum Gasteiger partial charge on any atom is 0.371 e. The summed E-state index contributed by atoms with van der Waals surface area (Å²) in [5.74, 6) is -0.509. The first-order chi connectivity index (χ1) is 8.08. The van der Waals surface area contributed by atoms with Crippen molar-refractivity contribution in [3.8, 4) is 0 Å². The van der Waals surface area contributed by atoms with Crippen molar-refractivity contribution in [1.29, 1.82) is 0 Å². The summed E-state index contributed by atoms with van der Waals surface area (Å²) in [6.07, 6.45) is 2.47. The zero-order valence-electron chi connectivity index (χ0n) is 9.60. The lowest BCUT2D eigenvalue weighted by atomic mass is 10.1. The van der Waals surface area contributed by atoms with E-state index in [1.165, 1.54) is 25.0 Å². The van der Waals surface area contributed by atoms with Gasteiger partial charge in [-0.3, -0.25) is 4.79 Å². The van der Waals surface area contributed by atoms with Crippen LogP contribution in [0.3, 0.4) is 0 Å². The van der Waals surface area contributed by atoms with E-state index in [4.69, 9.17) is 9.52 Å². The maximum atomic E-state index is 11.6. The van der Waals surface area contributed by atoms with Crippen molar-refractivity contribution >= 4 is 11.9 Å². The first-order valence-corrected chi connectivity index (χ1v) is 5.69. The highest BCUT2D eigenvalue weighted by Crippen LogP contribution is 2.36. The van der Waals surface area contributed by atoms with Crippen LogP contribution in [0.15, 0.2) is 16.5 Å². The second-order valence-electron chi connectivity index (χ2n) is 4.49. The second-order valence-corrected chi connectivity index (χ2v) is 4.49. The molecule has 1 saturated carbocycles. The smallest absolute Gasteiger partial charge is 0.371 e. The molecule has 92 valence electrons. The summed E-state index contributed by atoms with van der Waals surface area (Å²) < 4.78 is 4.90. The van der Waals surface area contributed by atoms with Gasteiger partial charge in [-0.25, -0.2) is 4.79 Å². The predicted molar refractivity (Wildman–Crippen MR) is 59.9 cm³/mol. The fraction of sp³-hybridized carbons (Fsp3) is 0.500. The Morgan fingerprint density at radius 2 is 2.12 bits per heavy atom.